The second-order valence-corrected chi connectivity index (χ2v) is 3.91. The Hall–Kier alpha value is -1.74. The molecule has 1 aromatic heterocycles. The fraction of sp³-hybridized carbons (Fsp3) is 0.231. The molecule has 1 heterocycles. The second kappa shape index (κ2) is 4.86. The van der Waals surface area contributed by atoms with Crippen LogP contribution >= 0.6 is 0 Å². The topological polar surface area (TPSA) is 59.4 Å². The first-order chi connectivity index (χ1) is 7.74. The van der Waals surface area contributed by atoms with Crippen LogP contribution in [0.2, 0.25) is 0 Å². The van der Waals surface area contributed by atoms with E-state index in [0.29, 0.717) is 0 Å². The van der Waals surface area contributed by atoms with Gasteiger partial charge in [-0.1, -0.05) is 12.1 Å². The predicted molar refractivity (Wildman–Crippen MR) is 62.2 cm³/mol. The standard InChI is InChI=1S/C13H15NO2/c14-11(9-13-2-1-7-16-13)8-10-3-5-12(15)6-4-10/h1-7,11,15H,8-9,14H2. The van der Waals surface area contributed by atoms with Gasteiger partial charge in [-0.15, -0.1) is 0 Å². The Morgan fingerprint density at radius 2 is 1.88 bits per heavy atom. The fourth-order valence-corrected chi connectivity index (χ4v) is 1.69. The summed E-state index contributed by atoms with van der Waals surface area (Å²) in [6.07, 6.45) is 3.16. The molecule has 0 saturated heterocycles. The predicted octanol–water partition coefficient (Wildman–Crippen LogP) is 2.10. The average Bonchev–Trinajstić information content (AvgIpc) is 2.74. The van der Waals surface area contributed by atoms with Crippen LogP contribution in [0.4, 0.5) is 0 Å². The van der Waals surface area contributed by atoms with Gasteiger partial charge in [0.15, 0.2) is 0 Å². The summed E-state index contributed by atoms with van der Waals surface area (Å²) in [6.45, 7) is 0. The van der Waals surface area contributed by atoms with E-state index in [4.69, 9.17) is 15.3 Å². The van der Waals surface area contributed by atoms with Gasteiger partial charge in [-0.3, -0.25) is 0 Å². The number of hydrogen-bond acceptors (Lipinski definition) is 3. The van der Waals surface area contributed by atoms with Gasteiger partial charge in [-0.2, -0.15) is 0 Å². The Morgan fingerprint density at radius 3 is 2.50 bits per heavy atom. The number of phenols is 1. The van der Waals surface area contributed by atoms with Crippen molar-refractivity contribution < 1.29 is 9.52 Å². The van der Waals surface area contributed by atoms with E-state index in [1.165, 1.54) is 0 Å². The molecular formula is C13H15NO2. The van der Waals surface area contributed by atoms with Gasteiger partial charge in [-0.25, -0.2) is 0 Å². The van der Waals surface area contributed by atoms with E-state index in [0.717, 1.165) is 24.2 Å². The van der Waals surface area contributed by atoms with Crippen molar-refractivity contribution in [1.82, 2.24) is 0 Å². The highest BCUT2D eigenvalue weighted by molar-refractivity contribution is 5.26. The lowest BCUT2D eigenvalue weighted by atomic mass is 10.0. The van der Waals surface area contributed by atoms with E-state index in [1.54, 1.807) is 18.4 Å². The van der Waals surface area contributed by atoms with Gasteiger partial charge in [0.25, 0.3) is 0 Å². The number of aromatic hydroxyl groups is 1. The Morgan fingerprint density at radius 1 is 1.12 bits per heavy atom. The van der Waals surface area contributed by atoms with Crippen LogP contribution < -0.4 is 5.73 Å². The lowest BCUT2D eigenvalue weighted by Crippen LogP contribution is -2.25. The van der Waals surface area contributed by atoms with E-state index < -0.39 is 0 Å². The van der Waals surface area contributed by atoms with Crippen LogP contribution in [0.5, 0.6) is 5.75 Å². The lowest BCUT2D eigenvalue weighted by molar-refractivity contribution is 0.473. The van der Waals surface area contributed by atoms with Crippen LogP contribution in [-0.2, 0) is 12.8 Å². The summed E-state index contributed by atoms with van der Waals surface area (Å²) in [6, 6.07) is 11.0. The molecule has 1 atom stereocenters. The molecule has 0 aliphatic carbocycles. The first kappa shape index (κ1) is 10.8. The maximum atomic E-state index is 9.15. The number of nitrogens with two attached hydrogens (primary N) is 1. The van der Waals surface area contributed by atoms with Crippen molar-refractivity contribution in [3.8, 4) is 5.75 Å². The zero-order chi connectivity index (χ0) is 11.4. The molecule has 2 aromatic rings. The van der Waals surface area contributed by atoms with Gasteiger partial charge in [0.2, 0.25) is 0 Å². The molecule has 3 nitrogen and oxygen atoms in total. The Bertz CT molecular complexity index is 420. The maximum Gasteiger partial charge on any atom is 0.115 e. The molecule has 0 fully saturated rings. The zero-order valence-corrected chi connectivity index (χ0v) is 8.97. The highest BCUT2D eigenvalue weighted by Crippen LogP contribution is 2.12. The van der Waals surface area contributed by atoms with Crippen molar-refractivity contribution in [2.24, 2.45) is 5.73 Å². The summed E-state index contributed by atoms with van der Waals surface area (Å²) in [5.41, 5.74) is 7.13. The third-order valence-electron chi connectivity index (χ3n) is 2.48. The quantitative estimate of drug-likeness (QED) is 0.824. The van der Waals surface area contributed by atoms with E-state index in [-0.39, 0.29) is 11.8 Å². The molecule has 3 N–H and O–H groups in total. The number of hydrogen-bond donors (Lipinski definition) is 2. The van der Waals surface area contributed by atoms with Gasteiger partial charge in [0.1, 0.15) is 11.5 Å². The second-order valence-electron chi connectivity index (χ2n) is 3.91. The summed E-state index contributed by atoms with van der Waals surface area (Å²) in [5, 5.41) is 9.15. The summed E-state index contributed by atoms with van der Waals surface area (Å²) in [4.78, 5) is 0. The first-order valence-electron chi connectivity index (χ1n) is 5.30. The van der Waals surface area contributed by atoms with Crippen molar-refractivity contribution in [2.75, 3.05) is 0 Å². The van der Waals surface area contributed by atoms with Crippen molar-refractivity contribution in [3.05, 3.63) is 54.0 Å². The van der Waals surface area contributed by atoms with Crippen molar-refractivity contribution in [1.29, 1.82) is 0 Å². The number of furan rings is 1. The summed E-state index contributed by atoms with van der Waals surface area (Å²) >= 11 is 0. The third-order valence-corrected chi connectivity index (χ3v) is 2.48. The van der Waals surface area contributed by atoms with Crippen LogP contribution in [0.3, 0.4) is 0 Å². The molecule has 0 amide bonds. The smallest absolute Gasteiger partial charge is 0.115 e. The normalized spacial score (nSPS) is 12.6. The number of benzene rings is 1. The molecule has 1 unspecified atom stereocenters. The Balaban J connectivity index is 1.92. The van der Waals surface area contributed by atoms with E-state index in [9.17, 15) is 0 Å². The number of rotatable bonds is 4. The maximum absolute atomic E-state index is 9.15. The molecule has 0 aliphatic rings. The first-order valence-corrected chi connectivity index (χ1v) is 5.30. The monoisotopic (exact) mass is 217 g/mol. The van der Waals surface area contributed by atoms with Crippen LogP contribution in [-0.4, -0.2) is 11.1 Å². The highest BCUT2D eigenvalue weighted by Gasteiger charge is 2.07. The van der Waals surface area contributed by atoms with Gasteiger partial charge < -0.3 is 15.3 Å². The highest BCUT2D eigenvalue weighted by atomic mass is 16.3. The largest absolute Gasteiger partial charge is 0.508 e. The van der Waals surface area contributed by atoms with Gasteiger partial charge in [0, 0.05) is 12.5 Å². The summed E-state index contributed by atoms with van der Waals surface area (Å²) < 4.78 is 5.24. The summed E-state index contributed by atoms with van der Waals surface area (Å²) in [5.74, 6) is 1.19. The van der Waals surface area contributed by atoms with Crippen LogP contribution in [0.15, 0.2) is 47.1 Å². The van der Waals surface area contributed by atoms with Gasteiger partial charge in [0.05, 0.1) is 6.26 Å². The Labute approximate surface area is 94.5 Å². The van der Waals surface area contributed by atoms with Crippen molar-refractivity contribution in [2.45, 2.75) is 18.9 Å². The SMILES string of the molecule is NC(Cc1ccc(O)cc1)Cc1ccco1. The molecule has 84 valence electrons. The van der Waals surface area contributed by atoms with E-state index in [1.807, 2.05) is 24.3 Å². The summed E-state index contributed by atoms with van der Waals surface area (Å²) in [7, 11) is 0. The van der Waals surface area contributed by atoms with Crippen LogP contribution in [0.1, 0.15) is 11.3 Å². The minimum atomic E-state index is 0.0377. The van der Waals surface area contributed by atoms with E-state index >= 15 is 0 Å². The van der Waals surface area contributed by atoms with Crippen LogP contribution in [0.25, 0.3) is 0 Å². The molecule has 16 heavy (non-hydrogen) atoms. The Kier molecular flexibility index (Phi) is 3.27. The van der Waals surface area contributed by atoms with Gasteiger partial charge in [-0.05, 0) is 36.2 Å². The minimum Gasteiger partial charge on any atom is -0.508 e. The molecule has 2 rings (SSSR count). The molecule has 0 saturated carbocycles. The number of phenolic OH excluding ortho intramolecular Hbond substituents is 1. The zero-order valence-electron chi connectivity index (χ0n) is 8.97. The molecule has 0 radical (unpaired) electrons. The third kappa shape index (κ3) is 2.87. The molecule has 3 heteroatoms. The average molecular weight is 217 g/mol. The lowest BCUT2D eigenvalue weighted by Gasteiger charge is -2.09. The molecular weight excluding hydrogens is 202 g/mol. The molecule has 0 bridgehead atoms. The van der Waals surface area contributed by atoms with Gasteiger partial charge >= 0.3 is 0 Å². The van der Waals surface area contributed by atoms with Crippen LogP contribution in [0, 0.1) is 0 Å². The molecule has 0 spiro atoms. The molecule has 0 aliphatic heterocycles. The van der Waals surface area contributed by atoms with Crippen molar-refractivity contribution in [3.63, 3.8) is 0 Å². The molecule has 1 aromatic carbocycles. The van der Waals surface area contributed by atoms with E-state index in [2.05, 4.69) is 0 Å². The van der Waals surface area contributed by atoms with Crippen molar-refractivity contribution >= 4 is 0 Å². The minimum absolute atomic E-state index is 0.0377. The fourth-order valence-electron chi connectivity index (χ4n) is 1.69.